The van der Waals surface area contributed by atoms with Gasteiger partial charge in [-0.05, 0) is 25.1 Å². The van der Waals surface area contributed by atoms with Gasteiger partial charge in [0.05, 0.1) is 12.5 Å². The van der Waals surface area contributed by atoms with E-state index in [9.17, 15) is 14.4 Å². The summed E-state index contributed by atoms with van der Waals surface area (Å²) >= 11 is 0. The number of aryl methyl sites for hydroxylation is 1. The Morgan fingerprint density at radius 1 is 1.07 bits per heavy atom. The number of methoxy groups -OCH3 is 1. The third-order valence-corrected chi connectivity index (χ3v) is 4.23. The van der Waals surface area contributed by atoms with Gasteiger partial charge < -0.3 is 4.74 Å². The van der Waals surface area contributed by atoms with Crippen molar-refractivity contribution < 1.29 is 14.3 Å². The minimum atomic E-state index is -0.623. The normalized spacial score (nSPS) is 10.8. The number of carbonyl (C=O) groups excluding carboxylic acids is 2. The van der Waals surface area contributed by atoms with E-state index in [2.05, 4.69) is 16.0 Å². The van der Waals surface area contributed by atoms with E-state index in [4.69, 9.17) is 4.74 Å². The van der Waals surface area contributed by atoms with E-state index >= 15 is 0 Å². The summed E-state index contributed by atoms with van der Waals surface area (Å²) in [6, 6.07) is 13.9. The molecule has 0 radical (unpaired) electrons. The van der Waals surface area contributed by atoms with Crippen LogP contribution in [0.15, 0.2) is 59.4 Å². The summed E-state index contributed by atoms with van der Waals surface area (Å²) in [5, 5.41) is 4.92. The van der Waals surface area contributed by atoms with Crippen molar-refractivity contribution in [1.82, 2.24) is 20.6 Å². The number of hydrogen-bond donors (Lipinski definition) is 2. The zero-order chi connectivity index (χ0) is 20.8. The first-order valence-corrected chi connectivity index (χ1v) is 8.96. The Balaban J connectivity index is 1.76. The van der Waals surface area contributed by atoms with Crippen molar-refractivity contribution in [2.75, 3.05) is 7.11 Å². The molecule has 1 heterocycles. The lowest BCUT2D eigenvalue weighted by Gasteiger charge is -2.10. The van der Waals surface area contributed by atoms with Crippen LogP contribution in [-0.4, -0.2) is 28.7 Å². The Morgan fingerprint density at radius 2 is 1.76 bits per heavy atom. The monoisotopic (exact) mass is 392 g/mol. The highest BCUT2D eigenvalue weighted by molar-refractivity contribution is 6.05. The summed E-state index contributed by atoms with van der Waals surface area (Å²) < 4.78 is 6.43. The Kier molecular flexibility index (Phi) is 6.03. The number of nitrogens with one attached hydrogen (secondary N) is 2. The van der Waals surface area contributed by atoms with Gasteiger partial charge in [0.15, 0.2) is 5.69 Å². The van der Waals surface area contributed by atoms with Crippen molar-refractivity contribution in [2.45, 2.75) is 13.5 Å². The van der Waals surface area contributed by atoms with Gasteiger partial charge in [-0.2, -0.15) is 5.10 Å². The van der Waals surface area contributed by atoms with Crippen molar-refractivity contribution in [2.24, 2.45) is 0 Å². The fourth-order valence-electron chi connectivity index (χ4n) is 2.81. The predicted molar refractivity (Wildman–Crippen MR) is 109 cm³/mol. The van der Waals surface area contributed by atoms with Gasteiger partial charge in [0.2, 0.25) is 0 Å². The second-order valence-electron chi connectivity index (χ2n) is 6.03. The van der Waals surface area contributed by atoms with Gasteiger partial charge in [-0.1, -0.05) is 36.4 Å². The molecule has 0 aliphatic carbocycles. The Morgan fingerprint density at radius 3 is 2.48 bits per heavy atom. The number of amides is 2. The summed E-state index contributed by atoms with van der Waals surface area (Å²) in [4.78, 5) is 37.0. The molecule has 3 rings (SSSR count). The Bertz CT molecular complexity index is 1150. The number of hydrogen-bond acceptors (Lipinski definition) is 5. The van der Waals surface area contributed by atoms with Crippen LogP contribution < -0.4 is 21.1 Å². The van der Waals surface area contributed by atoms with Gasteiger partial charge in [0.25, 0.3) is 17.4 Å². The molecule has 0 spiro atoms. The molecule has 0 fully saturated rings. The standard InChI is InChI=1S/C21H20N4O4/c1-3-25-21(28)16-10-6-5-9-15(16)19(24-25)20(27)23-22-18(26)13-12-14-8-4-7-11-17(14)29-2/h4-13H,3H2,1-2H3,(H,22,26)(H,23,27)/b13-12+. The van der Waals surface area contributed by atoms with Crippen LogP contribution in [-0.2, 0) is 11.3 Å². The first-order valence-electron chi connectivity index (χ1n) is 8.96. The Labute approximate surface area is 166 Å². The van der Waals surface area contributed by atoms with Crippen molar-refractivity contribution >= 4 is 28.7 Å². The second-order valence-corrected chi connectivity index (χ2v) is 6.03. The van der Waals surface area contributed by atoms with E-state index in [1.54, 1.807) is 56.5 Å². The first-order chi connectivity index (χ1) is 14.0. The molecule has 0 aliphatic rings. The van der Waals surface area contributed by atoms with Crippen LogP contribution in [0.4, 0.5) is 0 Å². The van der Waals surface area contributed by atoms with Gasteiger partial charge in [0.1, 0.15) is 5.75 Å². The number of nitrogens with zero attached hydrogens (tertiary/aromatic N) is 2. The highest BCUT2D eigenvalue weighted by Gasteiger charge is 2.16. The van der Waals surface area contributed by atoms with Crippen molar-refractivity contribution in [3.05, 3.63) is 76.2 Å². The molecule has 0 unspecified atom stereocenters. The maximum absolute atomic E-state index is 12.6. The molecule has 1 aromatic heterocycles. The van der Waals surface area contributed by atoms with E-state index in [0.717, 1.165) is 5.56 Å². The molecule has 148 valence electrons. The van der Waals surface area contributed by atoms with Crippen LogP contribution >= 0.6 is 0 Å². The molecule has 0 atom stereocenters. The molecule has 0 saturated heterocycles. The lowest BCUT2D eigenvalue weighted by Crippen LogP contribution is -2.42. The fourth-order valence-corrected chi connectivity index (χ4v) is 2.81. The third-order valence-electron chi connectivity index (χ3n) is 4.23. The highest BCUT2D eigenvalue weighted by atomic mass is 16.5. The van der Waals surface area contributed by atoms with Crippen molar-refractivity contribution in [3.63, 3.8) is 0 Å². The van der Waals surface area contributed by atoms with Crippen molar-refractivity contribution in [3.8, 4) is 5.75 Å². The quantitative estimate of drug-likeness (QED) is 0.510. The summed E-state index contributed by atoms with van der Waals surface area (Å²) in [6.45, 7) is 2.08. The number of ether oxygens (including phenoxy) is 1. The number of para-hydroxylation sites is 1. The third kappa shape index (κ3) is 4.32. The summed E-state index contributed by atoms with van der Waals surface area (Å²) in [7, 11) is 1.54. The van der Waals surface area contributed by atoms with Gasteiger partial charge >= 0.3 is 0 Å². The van der Waals surface area contributed by atoms with Crippen LogP contribution in [0, 0.1) is 0 Å². The molecule has 8 heteroatoms. The van der Waals surface area contributed by atoms with Crippen molar-refractivity contribution in [1.29, 1.82) is 0 Å². The van der Waals surface area contributed by atoms with E-state index in [1.807, 2.05) is 12.1 Å². The van der Waals surface area contributed by atoms with Crippen LogP contribution in [0.2, 0.25) is 0 Å². The molecule has 0 aliphatic heterocycles. The molecule has 8 nitrogen and oxygen atoms in total. The van der Waals surface area contributed by atoms with Gasteiger partial charge in [-0.3, -0.25) is 25.2 Å². The van der Waals surface area contributed by atoms with Gasteiger partial charge in [-0.15, -0.1) is 0 Å². The number of hydrazine groups is 1. The number of aromatic nitrogens is 2. The molecule has 2 aromatic carbocycles. The van der Waals surface area contributed by atoms with Gasteiger partial charge in [0, 0.05) is 23.6 Å². The molecule has 0 saturated carbocycles. The highest BCUT2D eigenvalue weighted by Crippen LogP contribution is 2.18. The average Bonchev–Trinajstić information content (AvgIpc) is 2.76. The fraction of sp³-hybridized carbons (Fsp3) is 0.143. The molecular weight excluding hydrogens is 372 g/mol. The zero-order valence-corrected chi connectivity index (χ0v) is 16.0. The number of benzene rings is 2. The van der Waals surface area contributed by atoms with Crippen LogP contribution in [0.3, 0.4) is 0 Å². The SMILES string of the molecule is CCn1nc(C(=O)NNC(=O)/C=C/c2ccccc2OC)c2ccccc2c1=O. The summed E-state index contributed by atoms with van der Waals surface area (Å²) in [6.07, 6.45) is 2.85. The zero-order valence-electron chi connectivity index (χ0n) is 16.0. The minimum absolute atomic E-state index is 0.0519. The van der Waals surface area contributed by atoms with Crippen LogP contribution in [0.25, 0.3) is 16.8 Å². The maximum atomic E-state index is 12.6. The first kappa shape index (κ1) is 19.8. The molecule has 29 heavy (non-hydrogen) atoms. The maximum Gasteiger partial charge on any atom is 0.290 e. The molecular formula is C21H20N4O4. The van der Waals surface area contributed by atoms with Crippen LogP contribution in [0.1, 0.15) is 23.0 Å². The molecule has 2 N–H and O–H groups in total. The summed E-state index contributed by atoms with van der Waals surface area (Å²) in [5.74, 6) is -0.530. The lowest BCUT2D eigenvalue weighted by molar-refractivity contribution is -0.117. The predicted octanol–water partition coefficient (Wildman–Crippen LogP) is 1.90. The summed E-state index contributed by atoms with van der Waals surface area (Å²) in [5.41, 5.74) is 5.14. The largest absolute Gasteiger partial charge is 0.496 e. The second kappa shape index (κ2) is 8.83. The minimum Gasteiger partial charge on any atom is -0.496 e. The van der Waals surface area contributed by atoms with E-state index in [-0.39, 0.29) is 11.3 Å². The van der Waals surface area contributed by atoms with Crippen LogP contribution in [0.5, 0.6) is 5.75 Å². The number of carbonyl (C=O) groups is 2. The van der Waals surface area contributed by atoms with Gasteiger partial charge in [-0.25, -0.2) is 4.68 Å². The van der Waals surface area contributed by atoms with E-state index < -0.39 is 11.8 Å². The van der Waals surface area contributed by atoms with E-state index in [1.165, 1.54) is 10.8 Å². The smallest absolute Gasteiger partial charge is 0.290 e. The molecule has 3 aromatic rings. The van der Waals surface area contributed by atoms with E-state index in [0.29, 0.717) is 23.1 Å². The number of fused-ring (bicyclic) bond motifs is 1. The molecule has 2 amide bonds. The number of rotatable bonds is 5. The average molecular weight is 392 g/mol. The Hall–Kier alpha value is -3.94. The lowest BCUT2D eigenvalue weighted by atomic mass is 10.1. The molecule has 0 bridgehead atoms. The topological polar surface area (TPSA) is 102 Å².